The van der Waals surface area contributed by atoms with Gasteiger partial charge in [0.05, 0.1) is 19.3 Å². The van der Waals surface area contributed by atoms with E-state index in [1.807, 2.05) is 6.92 Å². The molecule has 86 valence electrons. The highest BCUT2D eigenvalue weighted by molar-refractivity contribution is 4.95. The van der Waals surface area contributed by atoms with Crippen LogP contribution in [0.25, 0.3) is 0 Å². The number of ether oxygens (including phenoxy) is 1. The summed E-state index contributed by atoms with van der Waals surface area (Å²) >= 11 is 0. The van der Waals surface area contributed by atoms with Crippen LogP contribution >= 0.6 is 0 Å². The van der Waals surface area contributed by atoms with Crippen LogP contribution in [0.1, 0.15) is 26.2 Å². The van der Waals surface area contributed by atoms with Gasteiger partial charge in [-0.15, -0.1) is 11.8 Å². The molecule has 1 saturated heterocycles. The maximum atomic E-state index is 8.64. The Bertz CT molecular complexity index is 211. The van der Waals surface area contributed by atoms with E-state index in [9.17, 15) is 0 Å². The van der Waals surface area contributed by atoms with Crippen molar-refractivity contribution in [3.63, 3.8) is 0 Å². The minimum atomic E-state index is 0.131. The summed E-state index contributed by atoms with van der Waals surface area (Å²) in [5.41, 5.74) is 0. The Kier molecular flexibility index (Phi) is 6.42. The molecule has 1 aliphatic rings. The molecule has 0 amide bonds. The number of likely N-dealkylation sites (tertiary alicyclic amines) is 1. The van der Waals surface area contributed by atoms with Gasteiger partial charge in [0.25, 0.3) is 0 Å². The lowest BCUT2D eigenvalue weighted by Gasteiger charge is -2.31. The van der Waals surface area contributed by atoms with Crippen LogP contribution in [0.4, 0.5) is 0 Å². The lowest BCUT2D eigenvalue weighted by molar-refractivity contribution is -0.00732. The number of aliphatic hydroxyl groups is 1. The summed E-state index contributed by atoms with van der Waals surface area (Å²) in [6.45, 7) is 5.77. The maximum Gasteiger partial charge on any atom is 0.0701 e. The third kappa shape index (κ3) is 5.17. The molecule has 0 bridgehead atoms. The molecule has 1 N–H and O–H groups in total. The van der Waals surface area contributed by atoms with E-state index in [1.54, 1.807) is 0 Å². The molecule has 0 spiro atoms. The van der Waals surface area contributed by atoms with Gasteiger partial charge >= 0.3 is 0 Å². The molecule has 3 nitrogen and oxygen atoms in total. The van der Waals surface area contributed by atoms with E-state index in [4.69, 9.17) is 9.84 Å². The molecule has 0 aromatic rings. The maximum absolute atomic E-state index is 8.64. The Labute approximate surface area is 92.4 Å². The summed E-state index contributed by atoms with van der Waals surface area (Å²) < 4.78 is 5.50. The fourth-order valence-electron chi connectivity index (χ4n) is 1.86. The molecule has 0 radical (unpaired) electrons. The fourth-order valence-corrected chi connectivity index (χ4v) is 1.86. The quantitative estimate of drug-likeness (QED) is 0.685. The van der Waals surface area contributed by atoms with Crippen LogP contribution in [0.2, 0.25) is 0 Å². The van der Waals surface area contributed by atoms with Crippen molar-refractivity contribution in [3.8, 4) is 11.8 Å². The summed E-state index contributed by atoms with van der Waals surface area (Å²) in [6, 6.07) is 0. The van der Waals surface area contributed by atoms with Crippen molar-refractivity contribution in [2.45, 2.75) is 32.3 Å². The Hall–Kier alpha value is -0.560. The van der Waals surface area contributed by atoms with Gasteiger partial charge in [0, 0.05) is 26.1 Å². The van der Waals surface area contributed by atoms with Gasteiger partial charge in [-0.1, -0.05) is 0 Å². The molecule has 0 saturated carbocycles. The minimum absolute atomic E-state index is 0.131. The lowest BCUT2D eigenvalue weighted by Crippen LogP contribution is -2.37. The monoisotopic (exact) mass is 211 g/mol. The van der Waals surface area contributed by atoms with Gasteiger partial charge in [-0.25, -0.2) is 0 Å². The molecule has 0 aromatic carbocycles. The van der Waals surface area contributed by atoms with Crippen LogP contribution in [0.5, 0.6) is 0 Å². The third-order valence-corrected chi connectivity index (χ3v) is 2.71. The van der Waals surface area contributed by atoms with Gasteiger partial charge in [0.15, 0.2) is 0 Å². The number of nitrogens with zero attached hydrogens (tertiary/aromatic N) is 1. The lowest BCUT2D eigenvalue weighted by atomic mass is 10.1. The standard InChI is InChI=1S/C12H21NO2/c1-2-3-4-7-13-8-5-12(6-9-13)15-11-10-14/h12,14H,4-11H2,1H3. The predicted molar refractivity (Wildman–Crippen MR) is 60.6 cm³/mol. The van der Waals surface area contributed by atoms with E-state index in [0.717, 1.165) is 38.9 Å². The predicted octanol–water partition coefficient (Wildman–Crippen LogP) is 0.873. The molecule has 1 rings (SSSR count). The van der Waals surface area contributed by atoms with Crippen molar-refractivity contribution in [3.05, 3.63) is 0 Å². The van der Waals surface area contributed by atoms with Gasteiger partial charge in [-0.05, 0) is 19.8 Å². The second kappa shape index (κ2) is 7.70. The highest BCUT2D eigenvalue weighted by Crippen LogP contribution is 2.13. The largest absolute Gasteiger partial charge is 0.394 e. The van der Waals surface area contributed by atoms with Crippen molar-refractivity contribution < 1.29 is 9.84 Å². The highest BCUT2D eigenvalue weighted by Gasteiger charge is 2.18. The molecule has 15 heavy (non-hydrogen) atoms. The topological polar surface area (TPSA) is 32.7 Å². The Morgan fingerprint density at radius 3 is 2.73 bits per heavy atom. The molecular weight excluding hydrogens is 190 g/mol. The van der Waals surface area contributed by atoms with Gasteiger partial charge < -0.3 is 14.7 Å². The normalized spacial score (nSPS) is 18.5. The molecule has 0 unspecified atom stereocenters. The smallest absolute Gasteiger partial charge is 0.0701 e. The van der Waals surface area contributed by atoms with Gasteiger partial charge in [-0.3, -0.25) is 0 Å². The summed E-state index contributed by atoms with van der Waals surface area (Å²) in [5, 5.41) is 8.64. The fraction of sp³-hybridized carbons (Fsp3) is 0.833. The van der Waals surface area contributed by atoms with Crippen molar-refractivity contribution >= 4 is 0 Å². The second-order valence-corrected chi connectivity index (χ2v) is 3.81. The average Bonchev–Trinajstić information content (AvgIpc) is 2.28. The summed E-state index contributed by atoms with van der Waals surface area (Å²) in [7, 11) is 0. The molecule has 3 heteroatoms. The van der Waals surface area contributed by atoms with Crippen LogP contribution in [-0.2, 0) is 4.74 Å². The summed E-state index contributed by atoms with van der Waals surface area (Å²) in [5.74, 6) is 6.00. The van der Waals surface area contributed by atoms with Crippen molar-refractivity contribution in [1.82, 2.24) is 4.90 Å². The molecule has 0 atom stereocenters. The number of hydrogen-bond acceptors (Lipinski definition) is 3. The van der Waals surface area contributed by atoms with Gasteiger partial charge in [0.2, 0.25) is 0 Å². The zero-order valence-corrected chi connectivity index (χ0v) is 9.54. The number of hydrogen-bond donors (Lipinski definition) is 1. The van der Waals surface area contributed by atoms with E-state index < -0.39 is 0 Å². The van der Waals surface area contributed by atoms with Crippen LogP contribution in [0.15, 0.2) is 0 Å². The molecular formula is C12H21NO2. The first-order valence-electron chi connectivity index (χ1n) is 5.71. The molecule has 1 aliphatic heterocycles. The van der Waals surface area contributed by atoms with E-state index in [2.05, 4.69) is 16.7 Å². The van der Waals surface area contributed by atoms with Gasteiger partial charge in [0.1, 0.15) is 0 Å². The van der Waals surface area contributed by atoms with Crippen LogP contribution in [0, 0.1) is 11.8 Å². The minimum Gasteiger partial charge on any atom is -0.394 e. The van der Waals surface area contributed by atoms with Crippen molar-refractivity contribution in [1.29, 1.82) is 0 Å². The highest BCUT2D eigenvalue weighted by atomic mass is 16.5. The average molecular weight is 211 g/mol. The van der Waals surface area contributed by atoms with Gasteiger partial charge in [-0.2, -0.15) is 0 Å². The first-order chi connectivity index (χ1) is 7.36. The van der Waals surface area contributed by atoms with Crippen LogP contribution in [-0.4, -0.2) is 49.0 Å². The van der Waals surface area contributed by atoms with E-state index in [-0.39, 0.29) is 6.61 Å². The molecule has 0 aliphatic carbocycles. The number of rotatable bonds is 5. The number of piperidine rings is 1. The summed E-state index contributed by atoms with van der Waals surface area (Å²) in [6.07, 6.45) is 3.49. The van der Waals surface area contributed by atoms with Crippen LogP contribution in [0.3, 0.4) is 0 Å². The first-order valence-corrected chi connectivity index (χ1v) is 5.71. The molecule has 0 aromatic heterocycles. The Morgan fingerprint density at radius 1 is 1.40 bits per heavy atom. The SMILES string of the molecule is CC#CCCN1CCC(OCCO)CC1. The van der Waals surface area contributed by atoms with E-state index >= 15 is 0 Å². The van der Waals surface area contributed by atoms with E-state index in [0.29, 0.717) is 12.7 Å². The Balaban J connectivity index is 2.08. The summed E-state index contributed by atoms with van der Waals surface area (Å²) in [4.78, 5) is 2.43. The molecule has 1 heterocycles. The first kappa shape index (κ1) is 12.5. The van der Waals surface area contributed by atoms with Crippen molar-refractivity contribution in [2.24, 2.45) is 0 Å². The number of aliphatic hydroxyl groups excluding tert-OH is 1. The van der Waals surface area contributed by atoms with E-state index in [1.165, 1.54) is 0 Å². The van der Waals surface area contributed by atoms with Crippen LogP contribution < -0.4 is 0 Å². The zero-order valence-electron chi connectivity index (χ0n) is 9.54. The Morgan fingerprint density at radius 2 is 2.13 bits per heavy atom. The third-order valence-electron chi connectivity index (χ3n) is 2.71. The molecule has 1 fully saturated rings. The zero-order chi connectivity index (χ0) is 10.9. The van der Waals surface area contributed by atoms with Crippen molar-refractivity contribution in [2.75, 3.05) is 32.8 Å². The second-order valence-electron chi connectivity index (χ2n) is 3.81.